The summed E-state index contributed by atoms with van der Waals surface area (Å²) in [4.78, 5) is 25.3. The molecule has 7 heteroatoms. The van der Waals surface area contributed by atoms with Crippen molar-refractivity contribution >= 4 is 29.9 Å². The number of ether oxygens (including phenoxy) is 1. The number of hydrogen-bond acceptors (Lipinski definition) is 4. The monoisotopic (exact) mass is 299 g/mol. The predicted molar refractivity (Wildman–Crippen MR) is 78.2 cm³/mol. The number of amides is 2. The van der Waals surface area contributed by atoms with Crippen LogP contribution in [0.25, 0.3) is 0 Å². The molecule has 3 N–H and O–H groups in total. The lowest BCUT2D eigenvalue weighted by atomic mass is 10.2. The van der Waals surface area contributed by atoms with E-state index in [4.69, 9.17) is 10.5 Å². The Kier molecular flexibility index (Phi) is 5.79. The average molecular weight is 300 g/mol. The number of carbonyl (C=O) groups excluding carboxylic acids is 2. The number of halogens is 1. The predicted octanol–water partition coefficient (Wildman–Crippen LogP) is 0.297. The first-order valence-corrected chi connectivity index (χ1v) is 6.17. The summed E-state index contributed by atoms with van der Waals surface area (Å²) in [5, 5.41) is 2.65. The van der Waals surface area contributed by atoms with E-state index in [2.05, 4.69) is 5.32 Å². The summed E-state index contributed by atoms with van der Waals surface area (Å²) < 4.78 is 5.49. The van der Waals surface area contributed by atoms with Gasteiger partial charge in [-0.1, -0.05) is 12.1 Å². The third-order valence-electron chi connectivity index (χ3n) is 2.84. The van der Waals surface area contributed by atoms with Crippen molar-refractivity contribution in [1.29, 1.82) is 0 Å². The van der Waals surface area contributed by atoms with Crippen molar-refractivity contribution in [2.45, 2.75) is 13.0 Å². The molecular weight excluding hydrogens is 282 g/mol. The van der Waals surface area contributed by atoms with Crippen LogP contribution in [0.3, 0.4) is 0 Å². The number of hydrogen-bond donors (Lipinski definition) is 2. The molecule has 0 fully saturated rings. The smallest absolute Gasteiger partial charge is 0.268 e. The van der Waals surface area contributed by atoms with Gasteiger partial charge < -0.3 is 15.8 Å². The molecule has 0 radical (unpaired) electrons. The minimum atomic E-state index is -0.586. The van der Waals surface area contributed by atoms with Crippen LogP contribution in [0.1, 0.15) is 6.92 Å². The van der Waals surface area contributed by atoms with Crippen LogP contribution in [0, 0.1) is 0 Å². The van der Waals surface area contributed by atoms with Crippen LogP contribution >= 0.6 is 12.4 Å². The highest BCUT2D eigenvalue weighted by atomic mass is 35.5. The van der Waals surface area contributed by atoms with E-state index in [9.17, 15) is 9.59 Å². The van der Waals surface area contributed by atoms with Gasteiger partial charge in [0.1, 0.15) is 12.3 Å². The van der Waals surface area contributed by atoms with Gasteiger partial charge in [-0.2, -0.15) is 0 Å². The third kappa shape index (κ3) is 3.40. The van der Waals surface area contributed by atoms with Gasteiger partial charge in [0.15, 0.2) is 6.10 Å². The number of para-hydroxylation sites is 2. The molecular formula is C13H18ClN3O3. The highest BCUT2D eigenvalue weighted by molar-refractivity contribution is 6.03. The molecule has 1 aliphatic heterocycles. The summed E-state index contributed by atoms with van der Waals surface area (Å²) in [6.45, 7) is 2.41. The lowest BCUT2D eigenvalue weighted by Crippen LogP contribution is -2.49. The van der Waals surface area contributed by atoms with E-state index < -0.39 is 6.10 Å². The molecule has 2 amide bonds. The van der Waals surface area contributed by atoms with Crippen molar-refractivity contribution in [1.82, 2.24) is 5.32 Å². The molecule has 0 spiro atoms. The molecule has 110 valence electrons. The van der Waals surface area contributed by atoms with Crippen molar-refractivity contribution in [2.24, 2.45) is 5.73 Å². The van der Waals surface area contributed by atoms with Gasteiger partial charge in [0.05, 0.1) is 5.69 Å². The Morgan fingerprint density at radius 3 is 2.85 bits per heavy atom. The highest BCUT2D eigenvalue weighted by Gasteiger charge is 2.32. The number of rotatable bonds is 4. The van der Waals surface area contributed by atoms with Crippen molar-refractivity contribution in [3.63, 3.8) is 0 Å². The van der Waals surface area contributed by atoms with E-state index in [1.54, 1.807) is 25.1 Å². The summed E-state index contributed by atoms with van der Waals surface area (Å²) in [7, 11) is 0. The molecule has 1 atom stereocenters. The summed E-state index contributed by atoms with van der Waals surface area (Å²) in [5.74, 6) is 0.158. The Bertz CT molecular complexity index is 496. The lowest BCUT2D eigenvalue weighted by molar-refractivity contribution is -0.128. The maximum absolute atomic E-state index is 12.1. The van der Waals surface area contributed by atoms with E-state index in [1.807, 2.05) is 6.07 Å². The Hall–Kier alpha value is -1.79. The number of nitrogens with two attached hydrogens (primary N) is 1. The van der Waals surface area contributed by atoms with Gasteiger partial charge in [-0.25, -0.2) is 0 Å². The van der Waals surface area contributed by atoms with Gasteiger partial charge in [0.2, 0.25) is 5.91 Å². The number of anilines is 1. The summed E-state index contributed by atoms with van der Waals surface area (Å²) in [6.07, 6.45) is -0.586. The molecule has 0 aliphatic carbocycles. The van der Waals surface area contributed by atoms with Gasteiger partial charge >= 0.3 is 0 Å². The Morgan fingerprint density at radius 2 is 2.15 bits per heavy atom. The van der Waals surface area contributed by atoms with Crippen LogP contribution in [0.4, 0.5) is 5.69 Å². The average Bonchev–Trinajstić information content (AvgIpc) is 2.41. The molecule has 1 aromatic carbocycles. The number of carbonyl (C=O) groups is 2. The number of fused-ring (bicyclic) bond motifs is 1. The summed E-state index contributed by atoms with van der Waals surface area (Å²) in [5.41, 5.74) is 5.94. The minimum Gasteiger partial charge on any atom is -0.479 e. The van der Waals surface area contributed by atoms with Crippen molar-refractivity contribution in [3.8, 4) is 5.75 Å². The first-order chi connectivity index (χ1) is 9.13. The fourth-order valence-electron chi connectivity index (χ4n) is 1.93. The first kappa shape index (κ1) is 16.3. The quantitative estimate of drug-likeness (QED) is 0.837. The second-order valence-electron chi connectivity index (χ2n) is 4.29. The largest absolute Gasteiger partial charge is 0.479 e. The van der Waals surface area contributed by atoms with E-state index in [-0.39, 0.29) is 30.8 Å². The summed E-state index contributed by atoms with van der Waals surface area (Å²) >= 11 is 0. The van der Waals surface area contributed by atoms with E-state index in [1.165, 1.54) is 4.90 Å². The maximum Gasteiger partial charge on any atom is 0.268 e. The summed E-state index contributed by atoms with van der Waals surface area (Å²) in [6, 6.07) is 7.17. The maximum atomic E-state index is 12.1. The molecule has 0 saturated heterocycles. The third-order valence-corrected chi connectivity index (χ3v) is 2.84. The Balaban J connectivity index is 0.00000200. The molecule has 1 heterocycles. The van der Waals surface area contributed by atoms with Gasteiger partial charge in [-0.05, 0) is 19.1 Å². The number of benzene rings is 1. The van der Waals surface area contributed by atoms with Crippen LogP contribution in [-0.2, 0) is 9.59 Å². The minimum absolute atomic E-state index is 0. The van der Waals surface area contributed by atoms with Crippen LogP contribution < -0.4 is 20.7 Å². The number of nitrogens with zero attached hydrogens (tertiary/aromatic N) is 1. The Morgan fingerprint density at radius 1 is 1.45 bits per heavy atom. The first-order valence-electron chi connectivity index (χ1n) is 6.17. The van der Waals surface area contributed by atoms with Gasteiger partial charge in [-0.3, -0.25) is 14.5 Å². The fourth-order valence-corrected chi connectivity index (χ4v) is 1.93. The van der Waals surface area contributed by atoms with E-state index in [0.717, 1.165) is 0 Å². The highest BCUT2D eigenvalue weighted by Crippen LogP contribution is 2.33. The zero-order valence-corrected chi connectivity index (χ0v) is 12.0. The van der Waals surface area contributed by atoms with Crippen molar-refractivity contribution in [2.75, 3.05) is 24.5 Å². The van der Waals surface area contributed by atoms with Crippen LogP contribution in [0.5, 0.6) is 5.75 Å². The van der Waals surface area contributed by atoms with Crippen LogP contribution in [-0.4, -0.2) is 37.6 Å². The molecule has 1 aliphatic rings. The topological polar surface area (TPSA) is 84.7 Å². The van der Waals surface area contributed by atoms with Gasteiger partial charge in [0.25, 0.3) is 5.91 Å². The van der Waals surface area contributed by atoms with E-state index in [0.29, 0.717) is 24.5 Å². The zero-order chi connectivity index (χ0) is 13.8. The standard InChI is InChI=1S/C13H17N3O3.ClH/c1-9-13(18)16(8-12(17)15-7-6-14)10-4-2-3-5-11(10)19-9;/h2-5,9H,6-8,14H2,1H3,(H,15,17);1H. The lowest BCUT2D eigenvalue weighted by Gasteiger charge is -2.32. The molecule has 0 saturated carbocycles. The number of nitrogens with one attached hydrogen (secondary N) is 1. The van der Waals surface area contributed by atoms with Crippen molar-refractivity contribution < 1.29 is 14.3 Å². The second-order valence-corrected chi connectivity index (χ2v) is 4.29. The second kappa shape index (κ2) is 7.12. The molecule has 1 unspecified atom stereocenters. The fraction of sp³-hybridized carbons (Fsp3) is 0.385. The van der Waals surface area contributed by atoms with Crippen LogP contribution in [0.2, 0.25) is 0 Å². The SMILES string of the molecule is CC1Oc2ccccc2N(CC(=O)NCCN)C1=O.Cl. The normalized spacial score (nSPS) is 16.8. The molecule has 0 bridgehead atoms. The molecule has 1 aromatic rings. The van der Waals surface area contributed by atoms with Gasteiger partial charge in [0, 0.05) is 13.1 Å². The molecule has 2 rings (SSSR count). The van der Waals surface area contributed by atoms with Gasteiger partial charge in [-0.15, -0.1) is 12.4 Å². The Labute approximate surface area is 123 Å². The van der Waals surface area contributed by atoms with Crippen LogP contribution in [0.15, 0.2) is 24.3 Å². The molecule has 20 heavy (non-hydrogen) atoms. The molecule has 6 nitrogen and oxygen atoms in total. The van der Waals surface area contributed by atoms with Crippen molar-refractivity contribution in [3.05, 3.63) is 24.3 Å². The van der Waals surface area contributed by atoms with E-state index >= 15 is 0 Å². The molecule has 0 aromatic heterocycles. The zero-order valence-electron chi connectivity index (χ0n) is 11.2.